The highest BCUT2D eigenvalue weighted by Crippen LogP contribution is 2.38. The largest absolute Gasteiger partial charge is 0.442 e. The summed E-state index contributed by atoms with van der Waals surface area (Å²) in [5.41, 5.74) is 1.38. The molecule has 3 unspecified atom stereocenters. The van der Waals surface area contributed by atoms with E-state index in [9.17, 15) is 14.4 Å². The first-order valence-corrected chi connectivity index (χ1v) is 11.4. The smallest absolute Gasteiger partial charge is 0.414 e. The van der Waals surface area contributed by atoms with E-state index < -0.39 is 27.9 Å². The molecule has 3 atom stereocenters. The fourth-order valence-electron chi connectivity index (χ4n) is 3.96. The number of hydrogen-bond donors (Lipinski definition) is 2. The number of rotatable bonds is 7. The van der Waals surface area contributed by atoms with E-state index in [-0.39, 0.29) is 25.5 Å². The molecule has 0 radical (unpaired) electrons. The van der Waals surface area contributed by atoms with Crippen LogP contribution in [0.5, 0.6) is 0 Å². The van der Waals surface area contributed by atoms with Crippen molar-refractivity contribution in [2.75, 3.05) is 42.5 Å². The number of anilines is 2. The van der Waals surface area contributed by atoms with Gasteiger partial charge in [-0.3, -0.25) is 14.5 Å². The number of ether oxygens (including phenoxy) is 1. The first kappa shape index (κ1) is 25.6. The van der Waals surface area contributed by atoms with Gasteiger partial charge in [-0.05, 0) is 31.2 Å². The number of carbonyl (C=O) groups excluding carboxylic acids is 3. The Balaban J connectivity index is 1.67. The van der Waals surface area contributed by atoms with Gasteiger partial charge in [0.1, 0.15) is 12.3 Å². The third-order valence-corrected chi connectivity index (χ3v) is 6.14. The van der Waals surface area contributed by atoms with Crippen LogP contribution in [0.4, 0.5) is 20.6 Å². The van der Waals surface area contributed by atoms with E-state index in [0.717, 1.165) is 5.69 Å². The van der Waals surface area contributed by atoms with Gasteiger partial charge in [-0.1, -0.05) is 34.8 Å². The topological polar surface area (TPSA) is 94.2 Å². The standard InChI is InChI=1S/C20H25Cl3FN5O4/c1-13(31)25-9-16-10-28(18(32)33-16)15-5-3-14(4-6-15)27-7-8-29(19(2,24)11-27)17(26-12-30)20(21,22)23/h3-6,12,16-17H,7-11H2,1-2H3,(H,25,31)(H,26,30). The number of piperazine rings is 1. The lowest BCUT2D eigenvalue weighted by Gasteiger charge is -2.49. The molecule has 2 aliphatic heterocycles. The van der Waals surface area contributed by atoms with Gasteiger partial charge in [0.15, 0.2) is 5.79 Å². The Labute approximate surface area is 206 Å². The number of hydrogen-bond acceptors (Lipinski definition) is 6. The minimum atomic E-state index is -1.92. The molecule has 3 amide bonds. The predicted molar refractivity (Wildman–Crippen MR) is 124 cm³/mol. The molecular formula is C20H25Cl3FN5O4. The summed E-state index contributed by atoms with van der Waals surface area (Å²) in [6.45, 7) is 3.88. The van der Waals surface area contributed by atoms with Crippen LogP contribution in [0.25, 0.3) is 0 Å². The number of nitrogens with zero attached hydrogens (tertiary/aromatic N) is 3. The van der Waals surface area contributed by atoms with Crippen molar-refractivity contribution in [3.63, 3.8) is 0 Å². The number of carbonyl (C=O) groups is 3. The molecular weight excluding hydrogens is 500 g/mol. The number of nitrogens with one attached hydrogen (secondary N) is 2. The van der Waals surface area contributed by atoms with Crippen LogP contribution in [0.2, 0.25) is 0 Å². The fraction of sp³-hybridized carbons (Fsp3) is 0.550. The molecule has 9 nitrogen and oxygen atoms in total. The Bertz CT molecular complexity index is 883. The van der Waals surface area contributed by atoms with Gasteiger partial charge in [0.2, 0.25) is 16.1 Å². The number of cyclic esters (lactones) is 1. The zero-order chi connectivity index (χ0) is 24.4. The van der Waals surface area contributed by atoms with Crippen LogP contribution in [0, 0.1) is 0 Å². The molecule has 2 aliphatic rings. The van der Waals surface area contributed by atoms with Crippen molar-refractivity contribution in [2.45, 2.75) is 35.7 Å². The summed E-state index contributed by atoms with van der Waals surface area (Å²) in [5, 5.41) is 5.01. The first-order valence-electron chi connectivity index (χ1n) is 10.2. The second kappa shape index (κ2) is 10.1. The van der Waals surface area contributed by atoms with Gasteiger partial charge in [-0.2, -0.15) is 0 Å². The summed E-state index contributed by atoms with van der Waals surface area (Å²) in [4.78, 5) is 38.8. The summed E-state index contributed by atoms with van der Waals surface area (Å²) < 4.78 is 18.9. The molecule has 1 aromatic rings. The highest BCUT2D eigenvalue weighted by molar-refractivity contribution is 6.68. The zero-order valence-corrected chi connectivity index (χ0v) is 20.3. The van der Waals surface area contributed by atoms with Gasteiger partial charge in [0, 0.05) is 31.4 Å². The molecule has 1 aromatic carbocycles. The Morgan fingerprint density at radius 1 is 1.30 bits per heavy atom. The van der Waals surface area contributed by atoms with Gasteiger partial charge < -0.3 is 20.3 Å². The maximum Gasteiger partial charge on any atom is 0.414 e. The van der Waals surface area contributed by atoms with Crippen LogP contribution in [0.1, 0.15) is 13.8 Å². The molecule has 2 fully saturated rings. The van der Waals surface area contributed by atoms with Crippen molar-refractivity contribution in [1.82, 2.24) is 15.5 Å². The maximum atomic E-state index is 15.6. The third-order valence-electron chi connectivity index (χ3n) is 5.52. The van der Waals surface area contributed by atoms with E-state index in [0.29, 0.717) is 25.2 Å². The first-order chi connectivity index (χ1) is 15.4. The van der Waals surface area contributed by atoms with E-state index in [1.54, 1.807) is 24.3 Å². The third kappa shape index (κ3) is 6.11. The highest BCUT2D eigenvalue weighted by atomic mass is 35.6. The Morgan fingerprint density at radius 3 is 2.48 bits per heavy atom. The SMILES string of the molecule is CC(=O)NCC1CN(c2ccc(N3CCN(C(NC=O)C(Cl)(Cl)Cl)C(C)(F)C3)cc2)C(=O)O1. The Morgan fingerprint density at radius 2 is 1.94 bits per heavy atom. The molecule has 33 heavy (non-hydrogen) atoms. The van der Waals surface area contributed by atoms with Crippen LogP contribution in [0.15, 0.2) is 24.3 Å². The van der Waals surface area contributed by atoms with Crippen LogP contribution in [0.3, 0.4) is 0 Å². The average Bonchev–Trinajstić information content (AvgIpc) is 3.10. The minimum Gasteiger partial charge on any atom is -0.442 e. The molecule has 2 saturated heterocycles. The van der Waals surface area contributed by atoms with Gasteiger partial charge >= 0.3 is 6.09 Å². The monoisotopic (exact) mass is 523 g/mol. The van der Waals surface area contributed by atoms with Gasteiger partial charge in [0.25, 0.3) is 0 Å². The van der Waals surface area contributed by atoms with Crippen LogP contribution in [-0.4, -0.2) is 77.9 Å². The minimum absolute atomic E-state index is 0.0331. The van der Waals surface area contributed by atoms with Crippen molar-refractivity contribution in [3.8, 4) is 0 Å². The zero-order valence-electron chi connectivity index (χ0n) is 18.1. The lowest BCUT2D eigenvalue weighted by atomic mass is 10.1. The van der Waals surface area contributed by atoms with E-state index in [1.165, 1.54) is 23.6 Å². The van der Waals surface area contributed by atoms with Crippen molar-refractivity contribution in [2.24, 2.45) is 0 Å². The quantitative estimate of drug-likeness (QED) is 0.323. The van der Waals surface area contributed by atoms with Gasteiger partial charge in [-0.15, -0.1) is 0 Å². The van der Waals surface area contributed by atoms with Crippen molar-refractivity contribution < 1.29 is 23.5 Å². The number of halogens is 4. The molecule has 0 spiro atoms. The van der Waals surface area contributed by atoms with E-state index in [4.69, 9.17) is 39.5 Å². The van der Waals surface area contributed by atoms with E-state index in [1.807, 2.05) is 4.90 Å². The van der Waals surface area contributed by atoms with Crippen molar-refractivity contribution in [3.05, 3.63) is 24.3 Å². The summed E-state index contributed by atoms with van der Waals surface area (Å²) >= 11 is 17.9. The summed E-state index contributed by atoms with van der Waals surface area (Å²) in [6, 6.07) is 7.06. The van der Waals surface area contributed by atoms with Gasteiger partial charge in [-0.25, -0.2) is 14.1 Å². The maximum absolute atomic E-state index is 15.6. The second-order valence-corrected chi connectivity index (χ2v) is 10.4. The Kier molecular flexibility index (Phi) is 7.83. The van der Waals surface area contributed by atoms with Crippen LogP contribution >= 0.6 is 34.8 Å². The number of amides is 3. The molecule has 0 aliphatic carbocycles. The number of benzene rings is 1. The molecule has 0 aromatic heterocycles. The predicted octanol–water partition coefficient (Wildman–Crippen LogP) is 2.40. The van der Waals surface area contributed by atoms with Crippen molar-refractivity contribution >= 4 is 64.6 Å². The lowest BCUT2D eigenvalue weighted by molar-refractivity contribution is -0.119. The molecule has 0 saturated carbocycles. The van der Waals surface area contributed by atoms with Gasteiger partial charge in [0.05, 0.1) is 19.6 Å². The molecule has 13 heteroatoms. The van der Waals surface area contributed by atoms with Crippen LogP contribution < -0.4 is 20.4 Å². The lowest BCUT2D eigenvalue weighted by Crippen LogP contribution is -2.67. The molecule has 2 heterocycles. The van der Waals surface area contributed by atoms with E-state index >= 15 is 4.39 Å². The summed E-state index contributed by atoms with van der Waals surface area (Å²) in [5.74, 6) is -2.10. The summed E-state index contributed by atoms with van der Waals surface area (Å²) in [7, 11) is 0. The average molecular weight is 525 g/mol. The highest BCUT2D eigenvalue weighted by Gasteiger charge is 2.48. The van der Waals surface area contributed by atoms with Crippen molar-refractivity contribution in [1.29, 1.82) is 0 Å². The molecule has 0 bridgehead atoms. The summed E-state index contributed by atoms with van der Waals surface area (Å²) in [6.07, 6.45) is -1.69. The second-order valence-electron chi connectivity index (χ2n) is 8.06. The fourth-order valence-corrected chi connectivity index (χ4v) is 4.51. The molecule has 3 rings (SSSR count). The Hall–Kier alpha value is -2.01. The number of alkyl halides is 4. The van der Waals surface area contributed by atoms with Crippen LogP contribution in [-0.2, 0) is 14.3 Å². The molecule has 182 valence electrons. The molecule has 2 N–H and O–H groups in total. The van der Waals surface area contributed by atoms with E-state index in [2.05, 4.69) is 10.6 Å². The normalized spacial score (nSPS) is 24.9.